The van der Waals surface area contributed by atoms with E-state index in [9.17, 15) is 10.5 Å². The highest BCUT2D eigenvalue weighted by Crippen LogP contribution is 2.44. The number of hydrogen-bond acceptors (Lipinski definition) is 2. The first kappa shape index (κ1) is 17.7. The first-order valence-electron chi connectivity index (χ1n) is 9.76. The summed E-state index contributed by atoms with van der Waals surface area (Å²) in [7, 11) is 0. The molecule has 30 heavy (non-hydrogen) atoms. The molecule has 2 nitrogen and oxygen atoms in total. The summed E-state index contributed by atoms with van der Waals surface area (Å²) in [6.45, 7) is 0. The molecule has 0 amide bonds. The first-order valence-corrected chi connectivity index (χ1v) is 9.76. The largest absolute Gasteiger partial charge is 0.192 e. The van der Waals surface area contributed by atoms with Crippen molar-refractivity contribution in [3.05, 3.63) is 108 Å². The van der Waals surface area contributed by atoms with Gasteiger partial charge >= 0.3 is 0 Å². The molecule has 0 unspecified atom stereocenters. The molecule has 0 N–H and O–H groups in total. The zero-order valence-corrected chi connectivity index (χ0v) is 16.1. The maximum Gasteiger partial charge on any atom is 0.0998 e. The van der Waals surface area contributed by atoms with Gasteiger partial charge in [0.1, 0.15) is 0 Å². The van der Waals surface area contributed by atoms with Crippen LogP contribution in [0.25, 0.3) is 43.8 Å². The summed E-state index contributed by atoms with van der Waals surface area (Å²) < 4.78 is 0. The Bertz CT molecular complexity index is 1340. The van der Waals surface area contributed by atoms with Gasteiger partial charge in [-0.25, -0.2) is 0 Å². The van der Waals surface area contributed by atoms with Crippen molar-refractivity contribution in [2.45, 2.75) is 0 Å². The molecule has 0 aliphatic rings. The number of fused-ring (bicyclic) bond motifs is 2. The Morgan fingerprint density at radius 2 is 0.700 bits per heavy atom. The van der Waals surface area contributed by atoms with E-state index in [4.69, 9.17) is 0 Å². The highest BCUT2D eigenvalue weighted by Gasteiger charge is 2.19. The van der Waals surface area contributed by atoms with Crippen molar-refractivity contribution in [2.75, 3.05) is 0 Å². The van der Waals surface area contributed by atoms with Crippen molar-refractivity contribution in [1.29, 1.82) is 10.5 Å². The van der Waals surface area contributed by atoms with Crippen molar-refractivity contribution in [1.82, 2.24) is 0 Å². The van der Waals surface area contributed by atoms with Crippen LogP contribution in [0.3, 0.4) is 0 Å². The first-order chi connectivity index (χ1) is 14.8. The van der Waals surface area contributed by atoms with E-state index in [1.165, 1.54) is 0 Å². The molecule has 0 heterocycles. The summed E-state index contributed by atoms with van der Waals surface area (Å²) in [6, 6.07) is 36.7. The summed E-state index contributed by atoms with van der Waals surface area (Å²) in [5.74, 6) is 0. The van der Waals surface area contributed by atoms with Crippen LogP contribution in [0.2, 0.25) is 0 Å². The lowest BCUT2D eigenvalue weighted by molar-refractivity contribution is 1.48. The van der Waals surface area contributed by atoms with E-state index in [1.54, 1.807) is 0 Å². The van der Waals surface area contributed by atoms with Gasteiger partial charge < -0.3 is 0 Å². The average molecular weight is 380 g/mol. The molecule has 0 radical (unpaired) electrons. The van der Waals surface area contributed by atoms with Gasteiger partial charge in [0, 0.05) is 11.1 Å². The summed E-state index contributed by atoms with van der Waals surface area (Å²) in [5.41, 5.74) is 5.25. The van der Waals surface area contributed by atoms with Gasteiger partial charge in [0.05, 0.1) is 23.3 Å². The molecule has 0 saturated heterocycles. The number of nitriles is 2. The van der Waals surface area contributed by atoms with Crippen LogP contribution in [0.1, 0.15) is 11.1 Å². The monoisotopic (exact) mass is 380 g/mol. The van der Waals surface area contributed by atoms with Gasteiger partial charge in [-0.2, -0.15) is 10.5 Å². The van der Waals surface area contributed by atoms with Crippen LogP contribution in [-0.2, 0) is 0 Å². The molecule has 5 rings (SSSR count). The van der Waals surface area contributed by atoms with E-state index in [0.717, 1.165) is 43.8 Å². The van der Waals surface area contributed by atoms with Crippen LogP contribution in [0.15, 0.2) is 97.1 Å². The quantitative estimate of drug-likeness (QED) is 0.307. The molecule has 0 fully saturated rings. The highest BCUT2D eigenvalue weighted by molar-refractivity contribution is 6.22. The second-order valence-corrected chi connectivity index (χ2v) is 7.16. The minimum Gasteiger partial charge on any atom is -0.192 e. The van der Waals surface area contributed by atoms with Crippen LogP contribution < -0.4 is 0 Å². The van der Waals surface area contributed by atoms with Crippen LogP contribution in [-0.4, -0.2) is 0 Å². The number of rotatable bonds is 2. The minimum atomic E-state index is 0.651. The van der Waals surface area contributed by atoms with Crippen molar-refractivity contribution in [2.24, 2.45) is 0 Å². The van der Waals surface area contributed by atoms with Gasteiger partial charge in [0.2, 0.25) is 0 Å². The minimum absolute atomic E-state index is 0.651. The molecule has 0 saturated carbocycles. The molecular formula is C28H16N2. The molecular weight excluding hydrogens is 364 g/mol. The van der Waals surface area contributed by atoms with Gasteiger partial charge in [0.25, 0.3) is 0 Å². The molecule has 0 aliphatic heterocycles. The maximum absolute atomic E-state index is 9.74. The lowest BCUT2D eigenvalue weighted by Gasteiger charge is -2.18. The fourth-order valence-electron chi connectivity index (χ4n) is 4.31. The molecule has 2 heteroatoms. The molecule has 5 aromatic rings. The Morgan fingerprint density at radius 1 is 0.400 bits per heavy atom. The molecule has 0 atom stereocenters. The van der Waals surface area contributed by atoms with E-state index in [0.29, 0.717) is 11.1 Å². The third-order valence-corrected chi connectivity index (χ3v) is 5.57. The second kappa shape index (κ2) is 7.21. The number of benzene rings is 5. The average Bonchev–Trinajstić information content (AvgIpc) is 2.82. The standard InChI is InChI=1S/C28H16N2/c29-17-19-9-1-3-11-21(19)27-23-13-5-7-15-25(23)28(26-16-8-6-14-24(26)27)22-12-4-2-10-20(22)18-30/h1-16H. The van der Waals surface area contributed by atoms with Crippen molar-refractivity contribution in [3.63, 3.8) is 0 Å². The van der Waals surface area contributed by atoms with Crippen LogP contribution in [0, 0.1) is 22.7 Å². The molecule has 5 aromatic carbocycles. The van der Waals surface area contributed by atoms with Crippen molar-refractivity contribution >= 4 is 21.5 Å². The fraction of sp³-hybridized carbons (Fsp3) is 0. The molecule has 0 aromatic heterocycles. The van der Waals surface area contributed by atoms with Gasteiger partial charge in [-0.3, -0.25) is 0 Å². The maximum atomic E-state index is 9.74. The van der Waals surface area contributed by atoms with Gasteiger partial charge in [-0.15, -0.1) is 0 Å². The van der Waals surface area contributed by atoms with Crippen molar-refractivity contribution < 1.29 is 0 Å². The second-order valence-electron chi connectivity index (χ2n) is 7.16. The zero-order valence-electron chi connectivity index (χ0n) is 16.1. The Morgan fingerprint density at radius 3 is 1.03 bits per heavy atom. The molecule has 0 bridgehead atoms. The van der Waals surface area contributed by atoms with Crippen LogP contribution in [0.4, 0.5) is 0 Å². The Balaban J connectivity index is 2.04. The van der Waals surface area contributed by atoms with E-state index < -0.39 is 0 Å². The topological polar surface area (TPSA) is 47.6 Å². The predicted molar refractivity (Wildman–Crippen MR) is 122 cm³/mol. The highest BCUT2D eigenvalue weighted by atomic mass is 14.3. The SMILES string of the molecule is N#Cc1ccccc1-c1c2ccccc2c(-c2ccccc2C#N)c2ccccc12. The molecule has 138 valence electrons. The summed E-state index contributed by atoms with van der Waals surface area (Å²) >= 11 is 0. The van der Waals surface area contributed by atoms with E-state index in [2.05, 4.69) is 36.4 Å². The summed E-state index contributed by atoms with van der Waals surface area (Å²) in [4.78, 5) is 0. The van der Waals surface area contributed by atoms with Gasteiger partial charge in [-0.05, 0) is 44.8 Å². The third kappa shape index (κ3) is 2.64. The summed E-state index contributed by atoms with van der Waals surface area (Å²) in [6.07, 6.45) is 0. The fourth-order valence-corrected chi connectivity index (χ4v) is 4.31. The van der Waals surface area contributed by atoms with E-state index >= 15 is 0 Å². The summed E-state index contributed by atoms with van der Waals surface area (Å²) in [5, 5.41) is 23.8. The van der Waals surface area contributed by atoms with Gasteiger partial charge in [-0.1, -0.05) is 84.9 Å². The zero-order chi connectivity index (χ0) is 20.5. The number of nitrogens with zero attached hydrogens (tertiary/aromatic N) is 2. The normalized spacial score (nSPS) is 10.6. The van der Waals surface area contributed by atoms with Crippen molar-refractivity contribution in [3.8, 4) is 34.4 Å². The molecule has 0 spiro atoms. The Labute approximate surface area is 174 Å². The molecule has 0 aliphatic carbocycles. The Hall–Kier alpha value is -4.40. The van der Waals surface area contributed by atoms with Gasteiger partial charge in [0.15, 0.2) is 0 Å². The van der Waals surface area contributed by atoms with E-state index in [-0.39, 0.29) is 0 Å². The van der Waals surface area contributed by atoms with E-state index in [1.807, 2.05) is 72.8 Å². The Kier molecular flexibility index (Phi) is 4.25. The van der Waals surface area contributed by atoms with Crippen LogP contribution >= 0.6 is 0 Å². The smallest absolute Gasteiger partial charge is 0.0998 e. The number of hydrogen-bond donors (Lipinski definition) is 0. The third-order valence-electron chi connectivity index (χ3n) is 5.57. The lowest BCUT2D eigenvalue weighted by atomic mass is 9.84. The predicted octanol–water partition coefficient (Wildman–Crippen LogP) is 7.07. The van der Waals surface area contributed by atoms with Crippen LogP contribution in [0.5, 0.6) is 0 Å². The lowest BCUT2D eigenvalue weighted by Crippen LogP contribution is -1.93.